The van der Waals surface area contributed by atoms with Gasteiger partial charge >= 0.3 is 5.97 Å². The van der Waals surface area contributed by atoms with E-state index in [-0.39, 0.29) is 11.9 Å². The number of nitrogens with zero attached hydrogens (tertiary/aromatic N) is 4. The van der Waals surface area contributed by atoms with Crippen molar-refractivity contribution >= 4 is 28.5 Å². The number of para-hydroxylation sites is 2. The second-order valence-electron chi connectivity index (χ2n) is 6.91. The van der Waals surface area contributed by atoms with Crippen LogP contribution < -0.4 is 4.90 Å². The Balaban J connectivity index is 1.85. The van der Waals surface area contributed by atoms with Gasteiger partial charge in [0, 0.05) is 13.1 Å². The zero-order valence-electron chi connectivity index (χ0n) is 15.6. The van der Waals surface area contributed by atoms with E-state index in [2.05, 4.69) is 28.4 Å². The molecule has 0 N–H and O–H groups in total. The highest BCUT2D eigenvalue weighted by Crippen LogP contribution is 2.31. The lowest BCUT2D eigenvalue weighted by Gasteiger charge is -2.33. The lowest BCUT2D eigenvalue weighted by atomic mass is 9.96. The van der Waals surface area contributed by atoms with Crippen molar-refractivity contribution in [2.45, 2.75) is 26.2 Å². The Labute approximate surface area is 158 Å². The largest absolute Gasteiger partial charge is 0.469 e. The molecule has 1 aliphatic heterocycles. The van der Waals surface area contributed by atoms with E-state index in [0.29, 0.717) is 11.2 Å². The summed E-state index contributed by atoms with van der Waals surface area (Å²) >= 11 is 0. The summed E-state index contributed by atoms with van der Waals surface area (Å²) in [5.74, 6) is 0.880. The van der Waals surface area contributed by atoms with Gasteiger partial charge in [-0.25, -0.2) is 4.98 Å². The lowest BCUT2D eigenvalue weighted by molar-refractivity contribution is -0.146. The van der Waals surface area contributed by atoms with Crippen LogP contribution in [0.3, 0.4) is 0 Å². The first kappa shape index (κ1) is 17.3. The number of ether oxygens (including phenoxy) is 1. The molecule has 0 radical (unpaired) electrons. The molecule has 0 atom stereocenters. The molecule has 138 valence electrons. The molecular formula is C21H22N4O2. The Hall–Kier alpha value is -3.07. The summed E-state index contributed by atoms with van der Waals surface area (Å²) in [6.45, 7) is 3.61. The van der Waals surface area contributed by atoms with Gasteiger partial charge in [-0.15, -0.1) is 0 Å². The van der Waals surface area contributed by atoms with Crippen LogP contribution in [0, 0.1) is 17.2 Å². The Morgan fingerprint density at radius 2 is 2.07 bits per heavy atom. The van der Waals surface area contributed by atoms with Crippen LogP contribution in [0.15, 0.2) is 30.3 Å². The van der Waals surface area contributed by atoms with Crippen LogP contribution in [0.2, 0.25) is 0 Å². The average molecular weight is 362 g/mol. The molecule has 6 nitrogen and oxygen atoms in total. The number of anilines is 1. The van der Waals surface area contributed by atoms with Crippen LogP contribution in [-0.4, -0.2) is 35.6 Å². The summed E-state index contributed by atoms with van der Waals surface area (Å²) in [5, 5.41) is 9.73. The van der Waals surface area contributed by atoms with Gasteiger partial charge in [-0.2, -0.15) is 5.26 Å². The molecule has 0 spiro atoms. The topological polar surface area (TPSA) is 70.6 Å². The number of piperidine rings is 1. The monoisotopic (exact) mass is 362 g/mol. The molecule has 1 aromatic carbocycles. The standard InChI is InChI=1S/C21H22N4O2/c1-3-14-12-19(24-10-8-15(9-11-24)21(26)27-2)25-18-7-5-4-6-17(18)23-20(25)16(14)13-22/h4-7,12,15H,3,8-11H2,1-2H3. The van der Waals surface area contributed by atoms with E-state index in [9.17, 15) is 10.1 Å². The van der Waals surface area contributed by atoms with Gasteiger partial charge in [-0.1, -0.05) is 19.1 Å². The number of benzene rings is 1. The number of carbonyl (C=O) groups excluding carboxylic acids is 1. The molecule has 0 amide bonds. The number of pyridine rings is 1. The highest BCUT2D eigenvalue weighted by molar-refractivity contribution is 5.85. The van der Waals surface area contributed by atoms with Gasteiger partial charge in [0.25, 0.3) is 0 Å². The fourth-order valence-corrected chi connectivity index (χ4v) is 4.01. The zero-order chi connectivity index (χ0) is 19.0. The normalized spacial score (nSPS) is 15.2. The molecular weight excluding hydrogens is 340 g/mol. The summed E-state index contributed by atoms with van der Waals surface area (Å²) in [5.41, 5.74) is 4.24. The van der Waals surface area contributed by atoms with Gasteiger partial charge in [0.05, 0.1) is 29.6 Å². The van der Waals surface area contributed by atoms with Crippen molar-refractivity contribution in [2.24, 2.45) is 5.92 Å². The number of aromatic nitrogens is 2. The Bertz CT molecular complexity index is 1060. The van der Waals surface area contributed by atoms with Crippen LogP contribution in [0.1, 0.15) is 30.9 Å². The number of aryl methyl sites for hydroxylation is 1. The maximum Gasteiger partial charge on any atom is 0.308 e. The van der Waals surface area contributed by atoms with Crippen molar-refractivity contribution in [1.29, 1.82) is 5.26 Å². The predicted octanol–water partition coefficient (Wildman–Crippen LogP) is 3.31. The van der Waals surface area contributed by atoms with E-state index < -0.39 is 0 Å². The number of esters is 1. The summed E-state index contributed by atoms with van der Waals surface area (Å²) in [4.78, 5) is 18.9. The van der Waals surface area contributed by atoms with E-state index in [1.807, 2.05) is 24.3 Å². The number of hydrogen-bond acceptors (Lipinski definition) is 5. The first-order valence-electron chi connectivity index (χ1n) is 9.33. The number of imidazole rings is 1. The maximum atomic E-state index is 11.8. The second kappa shape index (κ2) is 6.92. The molecule has 1 saturated heterocycles. The molecule has 27 heavy (non-hydrogen) atoms. The van der Waals surface area contributed by atoms with Crippen molar-refractivity contribution in [3.63, 3.8) is 0 Å². The van der Waals surface area contributed by atoms with Crippen LogP contribution in [0.25, 0.3) is 16.7 Å². The number of carbonyl (C=O) groups is 1. The summed E-state index contributed by atoms with van der Waals surface area (Å²) < 4.78 is 6.99. The number of methoxy groups -OCH3 is 1. The van der Waals surface area contributed by atoms with Gasteiger partial charge in [0.2, 0.25) is 0 Å². The van der Waals surface area contributed by atoms with Gasteiger partial charge in [0.1, 0.15) is 11.9 Å². The average Bonchev–Trinajstić information content (AvgIpc) is 3.11. The maximum absolute atomic E-state index is 11.8. The number of rotatable bonds is 3. The smallest absolute Gasteiger partial charge is 0.308 e. The van der Waals surface area contributed by atoms with E-state index in [4.69, 9.17) is 9.72 Å². The fourth-order valence-electron chi connectivity index (χ4n) is 4.01. The van der Waals surface area contributed by atoms with Gasteiger partial charge in [-0.05, 0) is 43.0 Å². The van der Waals surface area contributed by atoms with E-state index >= 15 is 0 Å². The minimum atomic E-state index is -0.123. The van der Waals surface area contributed by atoms with Gasteiger partial charge in [-0.3, -0.25) is 9.20 Å². The summed E-state index contributed by atoms with van der Waals surface area (Å²) in [6.07, 6.45) is 2.30. The molecule has 4 rings (SSSR count). The Morgan fingerprint density at radius 3 is 2.74 bits per heavy atom. The molecule has 3 heterocycles. The summed E-state index contributed by atoms with van der Waals surface area (Å²) in [6, 6.07) is 12.4. The molecule has 1 fully saturated rings. The van der Waals surface area contributed by atoms with Gasteiger partial charge < -0.3 is 9.64 Å². The van der Waals surface area contributed by atoms with Crippen LogP contribution in [0.4, 0.5) is 5.82 Å². The highest BCUT2D eigenvalue weighted by Gasteiger charge is 2.28. The van der Waals surface area contributed by atoms with E-state index in [1.165, 1.54) is 7.11 Å². The van der Waals surface area contributed by atoms with E-state index in [1.54, 1.807) is 0 Å². The predicted molar refractivity (Wildman–Crippen MR) is 104 cm³/mol. The third kappa shape index (κ3) is 2.80. The number of hydrogen-bond donors (Lipinski definition) is 0. The molecule has 0 saturated carbocycles. The first-order valence-corrected chi connectivity index (χ1v) is 9.33. The molecule has 0 unspecified atom stereocenters. The molecule has 6 heteroatoms. The first-order chi connectivity index (χ1) is 13.2. The Kier molecular flexibility index (Phi) is 4.44. The SMILES string of the molecule is CCc1cc(N2CCC(C(=O)OC)CC2)n2c(nc3ccccc32)c1C#N. The van der Waals surface area contributed by atoms with Crippen LogP contribution in [-0.2, 0) is 16.0 Å². The highest BCUT2D eigenvalue weighted by atomic mass is 16.5. The minimum absolute atomic E-state index is 0.0368. The van der Waals surface area contributed by atoms with Crippen LogP contribution in [0.5, 0.6) is 0 Å². The van der Waals surface area contributed by atoms with Crippen molar-refractivity contribution in [2.75, 3.05) is 25.1 Å². The van der Waals surface area contributed by atoms with Crippen molar-refractivity contribution in [3.8, 4) is 6.07 Å². The Morgan fingerprint density at radius 1 is 1.33 bits per heavy atom. The molecule has 3 aromatic rings. The minimum Gasteiger partial charge on any atom is -0.469 e. The van der Waals surface area contributed by atoms with Crippen molar-refractivity contribution in [1.82, 2.24) is 9.38 Å². The van der Waals surface area contributed by atoms with Crippen LogP contribution >= 0.6 is 0 Å². The second-order valence-corrected chi connectivity index (χ2v) is 6.91. The third-order valence-corrected chi connectivity index (χ3v) is 5.48. The van der Waals surface area contributed by atoms with Gasteiger partial charge in [0.15, 0.2) is 5.65 Å². The molecule has 2 aromatic heterocycles. The number of fused-ring (bicyclic) bond motifs is 3. The summed E-state index contributed by atoms with van der Waals surface area (Å²) in [7, 11) is 1.45. The molecule has 0 bridgehead atoms. The third-order valence-electron chi connectivity index (χ3n) is 5.48. The quantitative estimate of drug-likeness (QED) is 0.669. The molecule has 1 aliphatic rings. The molecule has 0 aliphatic carbocycles. The van der Waals surface area contributed by atoms with Crippen molar-refractivity contribution in [3.05, 3.63) is 41.5 Å². The lowest BCUT2D eigenvalue weighted by Crippen LogP contribution is -2.37. The number of nitriles is 1. The zero-order valence-corrected chi connectivity index (χ0v) is 15.6. The van der Waals surface area contributed by atoms with Crippen molar-refractivity contribution < 1.29 is 9.53 Å². The fraction of sp³-hybridized carbons (Fsp3) is 0.381. The van der Waals surface area contributed by atoms with E-state index in [0.717, 1.165) is 54.8 Å².